The predicted molar refractivity (Wildman–Crippen MR) is 105 cm³/mol. The van der Waals surface area contributed by atoms with Crippen molar-refractivity contribution in [2.45, 2.75) is 18.8 Å². The van der Waals surface area contributed by atoms with Gasteiger partial charge in [0.1, 0.15) is 6.54 Å². The fourth-order valence-corrected chi connectivity index (χ4v) is 4.05. The zero-order valence-corrected chi connectivity index (χ0v) is 16.4. The lowest BCUT2D eigenvalue weighted by Gasteiger charge is -2.17. The molecule has 0 bridgehead atoms. The predicted octanol–water partition coefficient (Wildman–Crippen LogP) is 2.15. The van der Waals surface area contributed by atoms with Gasteiger partial charge in [0, 0.05) is 12.5 Å². The normalized spacial score (nSPS) is 17.2. The number of hydrogen-bond donors (Lipinski definition) is 1. The molecule has 1 N–H and O–H groups in total. The molecule has 7 heteroatoms. The lowest BCUT2D eigenvalue weighted by atomic mass is 10.0. The van der Waals surface area contributed by atoms with Gasteiger partial charge in [0.05, 0.1) is 25.3 Å². The molecule has 0 saturated carbocycles. The molecule has 0 radical (unpaired) electrons. The van der Waals surface area contributed by atoms with Gasteiger partial charge in [0.25, 0.3) is 11.8 Å². The number of carbonyl (C=O) groups excluding carboxylic acids is 3. The number of nitrogens with zero attached hydrogens (tertiary/aromatic N) is 1. The fraction of sp³-hybridized carbons (Fsp3) is 0.318. The van der Waals surface area contributed by atoms with Crippen LogP contribution in [0, 0.1) is 0 Å². The average molecular weight is 394 g/mol. The lowest BCUT2D eigenvalue weighted by Crippen LogP contribution is -2.41. The summed E-state index contributed by atoms with van der Waals surface area (Å²) in [6, 6.07) is 10.6. The van der Waals surface area contributed by atoms with Crippen LogP contribution < -0.4 is 14.8 Å². The number of carbonyl (C=O) groups is 3. The van der Waals surface area contributed by atoms with Crippen LogP contribution in [0.15, 0.2) is 36.4 Å². The Morgan fingerprint density at radius 1 is 1.07 bits per heavy atom. The summed E-state index contributed by atoms with van der Waals surface area (Å²) in [5.41, 5.74) is 3.00. The van der Waals surface area contributed by atoms with Crippen molar-refractivity contribution in [2.24, 2.45) is 0 Å². The Bertz CT molecular complexity index is 966. The molecule has 0 spiro atoms. The van der Waals surface area contributed by atoms with Crippen molar-refractivity contribution in [2.75, 3.05) is 27.3 Å². The maximum Gasteiger partial charge on any atom is 0.262 e. The zero-order valence-electron chi connectivity index (χ0n) is 16.4. The molecule has 4 rings (SSSR count). The van der Waals surface area contributed by atoms with Crippen LogP contribution in [0.1, 0.15) is 44.2 Å². The van der Waals surface area contributed by atoms with Crippen LogP contribution in [0.2, 0.25) is 0 Å². The van der Waals surface area contributed by atoms with Crippen molar-refractivity contribution in [3.8, 4) is 11.5 Å². The molecule has 150 valence electrons. The van der Waals surface area contributed by atoms with E-state index in [2.05, 4.69) is 5.32 Å². The first-order valence-electron chi connectivity index (χ1n) is 9.50. The van der Waals surface area contributed by atoms with Crippen molar-refractivity contribution in [3.63, 3.8) is 0 Å². The van der Waals surface area contributed by atoms with Gasteiger partial charge in [-0.05, 0) is 48.2 Å². The molecule has 0 aromatic heterocycles. The molecule has 0 fully saturated rings. The van der Waals surface area contributed by atoms with Gasteiger partial charge in [-0.15, -0.1) is 0 Å². The number of ether oxygens (including phenoxy) is 2. The van der Waals surface area contributed by atoms with E-state index in [0.29, 0.717) is 29.2 Å². The van der Waals surface area contributed by atoms with Crippen LogP contribution in [0.3, 0.4) is 0 Å². The highest BCUT2D eigenvalue weighted by molar-refractivity contribution is 6.22. The van der Waals surface area contributed by atoms with Gasteiger partial charge >= 0.3 is 0 Å². The van der Waals surface area contributed by atoms with Crippen LogP contribution in [0.4, 0.5) is 0 Å². The largest absolute Gasteiger partial charge is 0.493 e. The first-order chi connectivity index (χ1) is 14.0. The Morgan fingerprint density at radius 2 is 1.69 bits per heavy atom. The number of amides is 3. The number of nitrogens with one attached hydrogen (secondary N) is 1. The molecule has 3 amide bonds. The number of imide groups is 1. The van der Waals surface area contributed by atoms with E-state index in [0.717, 1.165) is 23.3 Å². The summed E-state index contributed by atoms with van der Waals surface area (Å²) in [7, 11) is 3.20. The maximum absolute atomic E-state index is 12.4. The van der Waals surface area contributed by atoms with Crippen molar-refractivity contribution < 1.29 is 23.9 Å². The molecule has 2 aliphatic rings. The number of fused-ring (bicyclic) bond motifs is 2. The molecule has 1 aliphatic heterocycles. The Morgan fingerprint density at radius 3 is 2.31 bits per heavy atom. The quantitative estimate of drug-likeness (QED) is 0.759. The van der Waals surface area contributed by atoms with Crippen LogP contribution in [0.5, 0.6) is 11.5 Å². The summed E-state index contributed by atoms with van der Waals surface area (Å²) >= 11 is 0. The van der Waals surface area contributed by atoms with Gasteiger partial charge < -0.3 is 14.8 Å². The Hall–Kier alpha value is -3.35. The second-order valence-electron chi connectivity index (χ2n) is 7.19. The zero-order chi connectivity index (χ0) is 20.5. The van der Waals surface area contributed by atoms with E-state index in [4.69, 9.17) is 9.47 Å². The summed E-state index contributed by atoms with van der Waals surface area (Å²) in [5, 5.41) is 2.87. The third-order valence-corrected chi connectivity index (χ3v) is 5.57. The van der Waals surface area contributed by atoms with Crippen molar-refractivity contribution >= 4 is 17.7 Å². The first-order valence-corrected chi connectivity index (χ1v) is 9.50. The molecular formula is C22H22N2O5. The number of methoxy groups -OCH3 is 2. The minimum atomic E-state index is -0.427. The molecule has 2 aromatic carbocycles. The van der Waals surface area contributed by atoms with E-state index in [-0.39, 0.29) is 18.4 Å². The van der Waals surface area contributed by atoms with Gasteiger partial charge in [0.2, 0.25) is 5.91 Å². The summed E-state index contributed by atoms with van der Waals surface area (Å²) in [6.45, 7) is 0.155. The van der Waals surface area contributed by atoms with Gasteiger partial charge in [0.15, 0.2) is 11.5 Å². The van der Waals surface area contributed by atoms with Crippen molar-refractivity contribution in [1.29, 1.82) is 0 Å². The average Bonchev–Trinajstić information content (AvgIpc) is 3.25. The van der Waals surface area contributed by atoms with E-state index in [1.54, 1.807) is 38.5 Å². The van der Waals surface area contributed by atoms with E-state index in [1.165, 1.54) is 5.56 Å². The highest BCUT2D eigenvalue weighted by Crippen LogP contribution is 2.40. The second-order valence-corrected chi connectivity index (χ2v) is 7.19. The molecule has 1 unspecified atom stereocenters. The molecule has 7 nitrogen and oxygen atoms in total. The second kappa shape index (κ2) is 7.58. The monoisotopic (exact) mass is 394 g/mol. The topological polar surface area (TPSA) is 84.9 Å². The number of benzene rings is 2. The van der Waals surface area contributed by atoms with E-state index in [1.807, 2.05) is 12.1 Å². The third kappa shape index (κ3) is 3.33. The van der Waals surface area contributed by atoms with Gasteiger partial charge in [-0.2, -0.15) is 0 Å². The summed E-state index contributed by atoms with van der Waals surface area (Å²) in [4.78, 5) is 38.2. The lowest BCUT2D eigenvalue weighted by molar-refractivity contribution is -0.121. The molecule has 2 aromatic rings. The summed E-state index contributed by atoms with van der Waals surface area (Å²) in [5.74, 6) is 0.300. The molecule has 29 heavy (non-hydrogen) atoms. The Balaban J connectivity index is 1.40. The van der Waals surface area contributed by atoms with E-state index in [9.17, 15) is 14.4 Å². The minimum Gasteiger partial charge on any atom is -0.493 e. The van der Waals surface area contributed by atoms with Crippen molar-refractivity contribution in [3.05, 3.63) is 58.7 Å². The van der Waals surface area contributed by atoms with Crippen LogP contribution in [-0.2, 0) is 11.2 Å². The number of hydrogen-bond acceptors (Lipinski definition) is 5. The maximum atomic E-state index is 12.4. The third-order valence-electron chi connectivity index (χ3n) is 5.57. The van der Waals surface area contributed by atoms with Crippen LogP contribution >= 0.6 is 0 Å². The fourth-order valence-electron chi connectivity index (χ4n) is 4.05. The SMILES string of the molecule is COc1cc2c(cc1OC)C(CNC(=O)CN1C(=O)c3ccccc3C1=O)CC2. The summed E-state index contributed by atoms with van der Waals surface area (Å²) < 4.78 is 10.7. The highest BCUT2D eigenvalue weighted by Gasteiger charge is 2.36. The molecule has 1 heterocycles. The Kier molecular flexibility index (Phi) is 4.96. The number of rotatable bonds is 6. The minimum absolute atomic E-state index is 0.149. The van der Waals surface area contributed by atoms with Gasteiger partial charge in [-0.1, -0.05) is 12.1 Å². The molecule has 1 atom stereocenters. The van der Waals surface area contributed by atoms with Crippen LogP contribution in [0.25, 0.3) is 0 Å². The van der Waals surface area contributed by atoms with Gasteiger partial charge in [-0.25, -0.2) is 0 Å². The molecule has 0 saturated heterocycles. The number of aryl methyl sites for hydroxylation is 1. The summed E-state index contributed by atoms with van der Waals surface area (Å²) in [6.07, 6.45) is 1.80. The molecule has 1 aliphatic carbocycles. The Labute approximate surface area is 168 Å². The smallest absolute Gasteiger partial charge is 0.262 e. The highest BCUT2D eigenvalue weighted by atomic mass is 16.5. The first kappa shape index (κ1) is 19.0. The van der Waals surface area contributed by atoms with Gasteiger partial charge in [-0.3, -0.25) is 19.3 Å². The van der Waals surface area contributed by atoms with Crippen LogP contribution in [-0.4, -0.2) is 49.9 Å². The molecular weight excluding hydrogens is 372 g/mol. The van der Waals surface area contributed by atoms with E-state index >= 15 is 0 Å². The standard InChI is InChI=1S/C22H22N2O5/c1-28-18-9-13-7-8-14(17(13)10-19(18)29-2)11-23-20(25)12-24-21(26)15-5-3-4-6-16(15)22(24)27/h3-6,9-10,14H,7-8,11-12H2,1-2H3,(H,23,25). The van der Waals surface area contributed by atoms with E-state index < -0.39 is 11.8 Å². The van der Waals surface area contributed by atoms with Crippen molar-refractivity contribution in [1.82, 2.24) is 10.2 Å².